The number of benzene rings is 2. The zero-order chi connectivity index (χ0) is 23.4. The summed E-state index contributed by atoms with van der Waals surface area (Å²) in [6.45, 7) is 5.50. The van der Waals surface area contributed by atoms with Gasteiger partial charge in [-0.1, -0.05) is 42.1 Å². The lowest BCUT2D eigenvalue weighted by molar-refractivity contribution is 0.0500. The highest BCUT2D eigenvalue weighted by atomic mass is 32.2. The van der Waals surface area contributed by atoms with Crippen LogP contribution in [0.5, 0.6) is 5.75 Å². The number of methoxy groups -OCH3 is 1. The predicted molar refractivity (Wildman–Crippen MR) is 128 cm³/mol. The first kappa shape index (κ1) is 22.8. The molecule has 9 heteroatoms. The quantitative estimate of drug-likeness (QED) is 0.578. The second-order valence-corrected chi connectivity index (χ2v) is 9.55. The van der Waals surface area contributed by atoms with Crippen LogP contribution in [0.15, 0.2) is 64.9 Å². The number of hydrogen-bond donors (Lipinski definition) is 1. The molecule has 8 nitrogen and oxygen atoms in total. The largest absolute Gasteiger partial charge is 0.497 e. The van der Waals surface area contributed by atoms with E-state index in [1.165, 1.54) is 0 Å². The van der Waals surface area contributed by atoms with Crippen molar-refractivity contribution in [3.63, 3.8) is 0 Å². The average Bonchev–Trinajstić information content (AvgIpc) is 3.21. The molecule has 0 aliphatic carbocycles. The van der Waals surface area contributed by atoms with Gasteiger partial charge in [-0.25, -0.2) is 4.79 Å². The molecule has 1 N–H and O–H groups in total. The number of rotatable bonds is 6. The van der Waals surface area contributed by atoms with Crippen molar-refractivity contribution in [1.82, 2.24) is 20.2 Å². The van der Waals surface area contributed by atoms with Crippen LogP contribution in [0.3, 0.4) is 0 Å². The van der Waals surface area contributed by atoms with Crippen LogP contribution < -0.4 is 10.1 Å². The normalized spacial score (nSPS) is 14.1. The van der Waals surface area contributed by atoms with Gasteiger partial charge in [0, 0.05) is 12.2 Å². The van der Waals surface area contributed by atoms with Gasteiger partial charge in [-0.15, -0.1) is 10.2 Å². The molecule has 1 aliphatic rings. The topological polar surface area (TPSA) is 90.6 Å². The first-order valence-corrected chi connectivity index (χ1v) is 11.6. The van der Waals surface area contributed by atoms with Crippen LogP contribution in [0.25, 0.3) is 0 Å². The van der Waals surface area contributed by atoms with Gasteiger partial charge in [0.05, 0.1) is 18.9 Å². The van der Waals surface area contributed by atoms with Crippen LogP contribution in [0, 0.1) is 0 Å². The van der Waals surface area contributed by atoms with Gasteiger partial charge in [-0.2, -0.15) is 9.78 Å². The Morgan fingerprint density at radius 1 is 1.12 bits per heavy atom. The smallest absolute Gasteiger partial charge is 0.408 e. The van der Waals surface area contributed by atoms with Gasteiger partial charge in [-0.3, -0.25) is 0 Å². The van der Waals surface area contributed by atoms with E-state index in [1.54, 1.807) is 23.5 Å². The van der Waals surface area contributed by atoms with Crippen molar-refractivity contribution >= 4 is 23.6 Å². The van der Waals surface area contributed by atoms with E-state index in [0.29, 0.717) is 23.2 Å². The summed E-state index contributed by atoms with van der Waals surface area (Å²) >= 11 is 1.56. The summed E-state index contributed by atoms with van der Waals surface area (Å²) in [6, 6.07) is 17.2. The number of carbonyl (C=O) groups is 1. The van der Waals surface area contributed by atoms with Gasteiger partial charge in [-0.05, 0) is 56.2 Å². The van der Waals surface area contributed by atoms with E-state index >= 15 is 0 Å². The maximum absolute atomic E-state index is 12.6. The molecule has 3 aromatic rings. The molecule has 4 rings (SSSR count). The summed E-state index contributed by atoms with van der Waals surface area (Å²) in [5, 5.41) is 17.2. The molecule has 0 bridgehead atoms. The predicted octanol–water partition coefficient (Wildman–Crippen LogP) is 4.45. The van der Waals surface area contributed by atoms with Gasteiger partial charge >= 0.3 is 6.09 Å². The molecule has 1 aromatic heterocycles. The van der Waals surface area contributed by atoms with Crippen LogP contribution in [0.4, 0.5) is 4.79 Å². The minimum absolute atomic E-state index is 0.469. The summed E-state index contributed by atoms with van der Waals surface area (Å²) in [7, 11) is 1.64. The number of nitrogens with zero attached hydrogens (tertiary/aromatic N) is 4. The third kappa shape index (κ3) is 5.73. The van der Waals surface area contributed by atoms with Gasteiger partial charge in [0.15, 0.2) is 5.82 Å². The van der Waals surface area contributed by atoms with Crippen molar-refractivity contribution < 1.29 is 14.3 Å². The third-order valence-electron chi connectivity index (χ3n) is 4.90. The molecular formula is C24H27N5O3S. The van der Waals surface area contributed by atoms with E-state index in [9.17, 15) is 4.79 Å². The first-order valence-electron chi connectivity index (χ1n) is 10.7. The second kappa shape index (κ2) is 9.66. The number of hydrogen-bond acceptors (Lipinski definition) is 7. The molecule has 1 aliphatic heterocycles. The van der Waals surface area contributed by atoms with Crippen molar-refractivity contribution in [1.29, 1.82) is 0 Å². The summed E-state index contributed by atoms with van der Waals surface area (Å²) in [5.41, 5.74) is 2.33. The lowest BCUT2D eigenvalue weighted by atomic mass is 10.1. The second-order valence-electron chi connectivity index (χ2n) is 8.60. The zero-order valence-corrected chi connectivity index (χ0v) is 19.9. The minimum Gasteiger partial charge on any atom is -0.497 e. The minimum atomic E-state index is -0.610. The monoisotopic (exact) mass is 465 g/mol. The number of nitrogens with one attached hydrogen (secondary N) is 1. The Hall–Kier alpha value is -3.33. The SMILES string of the molecule is COc1ccc(C2=Nn3c(nnc3C(Cc3ccccc3)NC(=O)OC(C)(C)C)SC2)cc1. The highest BCUT2D eigenvalue weighted by molar-refractivity contribution is 7.99. The number of aromatic nitrogens is 3. The number of ether oxygens (including phenoxy) is 2. The molecule has 33 heavy (non-hydrogen) atoms. The molecule has 1 unspecified atom stereocenters. The summed E-state index contributed by atoms with van der Waals surface area (Å²) in [5.74, 6) is 2.02. The molecule has 0 radical (unpaired) electrons. The number of fused-ring (bicyclic) bond motifs is 1. The molecule has 0 saturated carbocycles. The van der Waals surface area contributed by atoms with Crippen LogP contribution in [-0.2, 0) is 11.2 Å². The van der Waals surface area contributed by atoms with Crippen LogP contribution in [0.2, 0.25) is 0 Å². The van der Waals surface area contributed by atoms with E-state index in [2.05, 4.69) is 15.5 Å². The van der Waals surface area contributed by atoms with Crippen molar-refractivity contribution in [2.45, 2.75) is 44.0 Å². The standard InChI is InChI=1S/C24H27N5O3S/c1-24(2,3)32-23(30)25-19(14-16-8-6-5-7-9-16)21-26-27-22-29(21)28-20(15-33-22)17-10-12-18(31-4)13-11-17/h5-13,19H,14-15H2,1-4H3,(H,25,30). The highest BCUT2D eigenvalue weighted by Crippen LogP contribution is 2.28. The third-order valence-corrected chi connectivity index (χ3v) is 5.83. The Bertz CT molecular complexity index is 1140. The molecule has 1 amide bonds. The van der Waals surface area contributed by atoms with Gasteiger partial charge in [0.25, 0.3) is 0 Å². The Labute approximate surface area is 197 Å². The fourth-order valence-corrected chi connectivity index (χ4v) is 4.24. The molecule has 2 heterocycles. The van der Waals surface area contributed by atoms with E-state index in [4.69, 9.17) is 14.6 Å². The van der Waals surface area contributed by atoms with Crippen molar-refractivity contribution in [2.24, 2.45) is 5.10 Å². The molecule has 0 saturated heterocycles. The van der Waals surface area contributed by atoms with Crippen LogP contribution >= 0.6 is 11.8 Å². The fraction of sp³-hybridized carbons (Fsp3) is 0.333. The molecule has 0 spiro atoms. The van der Waals surface area contributed by atoms with Gasteiger partial charge in [0.2, 0.25) is 5.16 Å². The molecule has 0 fully saturated rings. The molecule has 172 valence electrons. The van der Waals surface area contributed by atoms with Crippen molar-refractivity contribution in [3.05, 3.63) is 71.5 Å². The van der Waals surface area contributed by atoms with Crippen LogP contribution in [-0.4, -0.2) is 45.1 Å². The fourth-order valence-electron chi connectivity index (χ4n) is 3.39. The van der Waals surface area contributed by atoms with Crippen LogP contribution in [0.1, 0.15) is 43.8 Å². The summed E-state index contributed by atoms with van der Waals surface area (Å²) < 4.78 is 12.5. The Morgan fingerprint density at radius 3 is 2.52 bits per heavy atom. The first-order chi connectivity index (χ1) is 15.8. The summed E-state index contributed by atoms with van der Waals surface area (Å²) in [4.78, 5) is 12.6. The summed E-state index contributed by atoms with van der Waals surface area (Å²) in [6.07, 6.45) is 0.0135. The number of thioether (sulfide) groups is 1. The zero-order valence-electron chi connectivity index (χ0n) is 19.1. The Morgan fingerprint density at radius 2 is 1.85 bits per heavy atom. The highest BCUT2D eigenvalue weighted by Gasteiger charge is 2.28. The van der Waals surface area contributed by atoms with Gasteiger partial charge in [0.1, 0.15) is 11.4 Å². The lowest BCUT2D eigenvalue weighted by Gasteiger charge is -2.24. The number of amides is 1. The molecular weight excluding hydrogens is 438 g/mol. The lowest BCUT2D eigenvalue weighted by Crippen LogP contribution is -2.37. The van der Waals surface area contributed by atoms with E-state index in [1.807, 2.05) is 75.4 Å². The molecule has 2 aromatic carbocycles. The maximum atomic E-state index is 12.6. The maximum Gasteiger partial charge on any atom is 0.408 e. The number of carbonyl (C=O) groups excluding carboxylic acids is 1. The van der Waals surface area contributed by atoms with Crippen molar-refractivity contribution in [2.75, 3.05) is 12.9 Å². The van der Waals surface area contributed by atoms with E-state index in [0.717, 1.165) is 22.6 Å². The number of alkyl carbamates (subject to hydrolysis) is 1. The van der Waals surface area contributed by atoms with E-state index in [-0.39, 0.29) is 0 Å². The average molecular weight is 466 g/mol. The van der Waals surface area contributed by atoms with Crippen molar-refractivity contribution in [3.8, 4) is 5.75 Å². The van der Waals surface area contributed by atoms with E-state index < -0.39 is 17.7 Å². The Balaban J connectivity index is 1.66. The van der Waals surface area contributed by atoms with Gasteiger partial charge < -0.3 is 14.8 Å². The Kier molecular flexibility index (Phi) is 6.69. The molecule has 1 atom stereocenters.